The molecule has 1 heterocycles. The summed E-state index contributed by atoms with van der Waals surface area (Å²) in [6, 6.07) is 7.39. The summed E-state index contributed by atoms with van der Waals surface area (Å²) < 4.78 is 37.0. The van der Waals surface area contributed by atoms with Crippen LogP contribution < -0.4 is 19.5 Å². The van der Waals surface area contributed by atoms with Crippen molar-refractivity contribution in [1.29, 1.82) is 0 Å². The molecule has 2 atom stereocenters. The summed E-state index contributed by atoms with van der Waals surface area (Å²) in [4.78, 5) is 9.20. The molecular formula is C25H28Cl2N4O4S. The fourth-order valence-corrected chi connectivity index (χ4v) is 5.77. The van der Waals surface area contributed by atoms with E-state index in [2.05, 4.69) is 26.6 Å². The number of hydrogen-bond donors (Lipinski definition) is 2. The minimum Gasteiger partial charge on any atom is -0.495 e. The van der Waals surface area contributed by atoms with Crippen LogP contribution in [0.25, 0.3) is 22.0 Å². The van der Waals surface area contributed by atoms with Crippen molar-refractivity contribution < 1.29 is 17.9 Å². The van der Waals surface area contributed by atoms with Crippen LogP contribution in [0.3, 0.4) is 0 Å². The number of anilines is 1. The second kappa shape index (κ2) is 11.2. The average molecular weight is 551 g/mol. The number of sulfonamides is 1. The van der Waals surface area contributed by atoms with Gasteiger partial charge in [-0.3, -0.25) is 0 Å². The number of ether oxygens (including phenoxy) is 2. The average Bonchev–Trinajstić information content (AvgIpc) is 2.88. The Balaban J connectivity index is 1.59. The molecule has 1 aromatic heterocycles. The number of nitrogens with zero attached hydrogens (tertiary/aromatic N) is 2. The highest BCUT2D eigenvalue weighted by molar-refractivity contribution is 7.92. The van der Waals surface area contributed by atoms with Crippen LogP contribution >= 0.6 is 23.2 Å². The second-order valence-electron chi connectivity index (χ2n) is 8.61. The van der Waals surface area contributed by atoms with Crippen molar-refractivity contribution in [2.45, 2.75) is 31.7 Å². The van der Waals surface area contributed by atoms with E-state index < -0.39 is 10.0 Å². The number of methoxy groups -OCH3 is 2. The Bertz CT molecular complexity index is 1360. The third kappa shape index (κ3) is 5.70. The maximum atomic E-state index is 11.8. The molecule has 2 aromatic carbocycles. The normalized spacial score (nSPS) is 18.1. The molecule has 1 aliphatic rings. The molecule has 2 N–H and O–H groups in total. The summed E-state index contributed by atoms with van der Waals surface area (Å²) in [5.41, 5.74) is 2.13. The van der Waals surface area contributed by atoms with Gasteiger partial charge in [0, 0.05) is 41.2 Å². The molecule has 1 saturated carbocycles. The monoisotopic (exact) mass is 550 g/mol. The molecule has 0 spiro atoms. The zero-order valence-electron chi connectivity index (χ0n) is 20.1. The van der Waals surface area contributed by atoms with Crippen LogP contribution in [-0.2, 0) is 10.0 Å². The lowest BCUT2D eigenvalue weighted by Crippen LogP contribution is -2.40. The van der Waals surface area contributed by atoms with Crippen LogP contribution in [-0.4, -0.2) is 45.2 Å². The van der Waals surface area contributed by atoms with Gasteiger partial charge in [0.15, 0.2) is 0 Å². The quantitative estimate of drug-likeness (QED) is 0.354. The smallest absolute Gasteiger partial charge is 0.233 e. The molecule has 0 saturated heterocycles. The van der Waals surface area contributed by atoms with Gasteiger partial charge >= 0.3 is 0 Å². The predicted molar refractivity (Wildman–Crippen MR) is 145 cm³/mol. The number of nitrogens with one attached hydrogen (secondary N) is 2. The van der Waals surface area contributed by atoms with Gasteiger partial charge in [0.1, 0.15) is 11.5 Å². The standard InChI is InChI=1S/C25H28Cl2N4O4S/c1-4-36(32,33)29-14-16-7-5-6-8-18(16)30-25-28-13-17-11-15(9-10-19(17)31-25)22-23(26)20(34-2)12-21(35-3)24(22)27/h4,9-13,16,18,29H,1,5-8,14H2,2-3H3,(H,28,30,31)/t16-,18-/m1/s1. The van der Waals surface area contributed by atoms with E-state index in [1.807, 2.05) is 18.2 Å². The van der Waals surface area contributed by atoms with Crippen LogP contribution in [0.4, 0.5) is 5.95 Å². The third-order valence-corrected chi connectivity index (χ3v) is 8.19. The molecule has 8 nitrogen and oxygen atoms in total. The van der Waals surface area contributed by atoms with Crippen molar-refractivity contribution in [3.05, 3.63) is 52.5 Å². The third-order valence-electron chi connectivity index (χ3n) is 6.43. The SMILES string of the molecule is C=CS(=O)(=O)NC[C@H]1CCCC[C@H]1Nc1ncc2cc(-c3c(Cl)c(OC)cc(OC)c3Cl)ccc2n1. The second-order valence-corrected chi connectivity index (χ2v) is 11.1. The topological polar surface area (TPSA) is 102 Å². The summed E-state index contributed by atoms with van der Waals surface area (Å²) in [6.45, 7) is 3.69. The fraction of sp³-hybridized carbons (Fsp3) is 0.360. The lowest BCUT2D eigenvalue weighted by molar-refractivity contribution is 0.324. The zero-order valence-corrected chi connectivity index (χ0v) is 22.4. The maximum absolute atomic E-state index is 11.8. The van der Waals surface area contributed by atoms with Crippen LogP contribution in [0.1, 0.15) is 25.7 Å². The molecule has 11 heteroatoms. The largest absolute Gasteiger partial charge is 0.495 e. The molecule has 1 fully saturated rings. The van der Waals surface area contributed by atoms with E-state index in [9.17, 15) is 8.42 Å². The van der Waals surface area contributed by atoms with E-state index in [1.54, 1.807) is 12.3 Å². The van der Waals surface area contributed by atoms with Gasteiger partial charge in [-0.15, -0.1) is 0 Å². The van der Waals surface area contributed by atoms with Crippen LogP contribution in [0.2, 0.25) is 10.0 Å². The Hall–Kier alpha value is -2.59. The van der Waals surface area contributed by atoms with E-state index in [0.717, 1.165) is 47.6 Å². The van der Waals surface area contributed by atoms with Gasteiger partial charge in [-0.2, -0.15) is 0 Å². The van der Waals surface area contributed by atoms with Crippen molar-refractivity contribution in [2.75, 3.05) is 26.1 Å². The Morgan fingerprint density at radius 1 is 1.11 bits per heavy atom. The van der Waals surface area contributed by atoms with Gasteiger partial charge < -0.3 is 14.8 Å². The molecule has 0 bridgehead atoms. The van der Waals surface area contributed by atoms with Crippen LogP contribution in [0.15, 0.2) is 42.4 Å². The molecule has 1 aliphatic carbocycles. The summed E-state index contributed by atoms with van der Waals surface area (Å²) in [7, 11) is -0.398. The highest BCUT2D eigenvalue weighted by Gasteiger charge is 2.27. The van der Waals surface area contributed by atoms with Gasteiger partial charge in [-0.05, 0) is 36.5 Å². The number of rotatable bonds is 9. The molecule has 36 heavy (non-hydrogen) atoms. The fourth-order valence-electron chi connectivity index (χ4n) is 4.49. The Morgan fingerprint density at radius 3 is 2.47 bits per heavy atom. The summed E-state index contributed by atoms with van der Waals surface area (Å²) >= 11 is 13.2. The lowest BCUT2D eigenvalue weighted by atomic mass is 9.84. The highest BCUT2D eigenvalue weighted by Crippen LogP contribution is 2.46. The molecule has 0 aliphatic heterocycles. The summed E-state index contributed by atoms with van der Waals surface area (Å²) in [5.74, 6) is 1.54. The number of halogens is 2. The molecule has 0 unspecified atom stereocenters. The zero-order chi connectivity index (χ0) is 25.9. The number of aromatic nitrogens is 2. The van der Waals surface area contributed by atoms with Gasteiger partial charge in [-0.25, -0.2) is 23.1 Å². The van der Waals surface area contributed by atoms with Crippen molar-refractivity contribution >= 4 is 50.1 Å². The van der Waals surface area contributed by atoms with Gasteiger partial charge in [0.05, 0.1) is 29.8 Å². The van der Waals surface area contributed by atoms with Gasteiger partial charge in [-0.1, -0.05) is 48.7 Å². The Morgan fingerprint density at radius 2 is 1.81 bits per heavy atom. The van der Waals surface area contributed by atoms with Crippen LogP contribution in [0.5, 0.6) is 11.5 Å². The molecular weight excluding hydrogens is 523 g/mol. The van der Waals surface area contributed by atoms with Crippen LogP contribution in [0, 0.1) is 5.92 Å². The molecule has 0 radical (unpaired) electrons. The first-order valence-corrected chi connectivity index (χ1v) is 13.8. The van der Waals surface area contributed by atoms with Crippen molar-refractivity contribution in [3.63, 3.8) is 0 Å². The first kappa shape index (κ1) is 26.5. The van der Waals surface area contributed by atoms with Crippen molar-refractivity contribution in [2.24, 2.45) is 5.92 Å². The molecule has 0 amide bonds. The maximum Gasteiger partial charge on any atom is 0.233 e. The molecule has 192 valence electrons. The molecule has 3 aromatic rings. The lowest BCUT2D eigenvalue weighted by Gasteiger charge is -2.32. The van der Waals surface area contributed by atoms with E-state index in [4.69, 9.17) is 32.7 Å². The first-order valence-electron chi connectivity index (χ1n) is 11.5. The predicted octanol–water partition coefficient (Wildman–Crippen LogP) is 5.65. The van der Waals surface area contributed by atoms with Gasteiger partial charge in [0.25, 0.3) is 0 Å². The number of benzene rings is 2. The van der Waals surface area contributed by atoms with Crippen molar-refractivity contribution in [3.8, 4) is 22.6 Å². The van der Waals surface area contributed by atoms with Crippen molar-refractivity contribution in [1.82, 2.24) is 14.7 Å². The Kier molecular flexibility index (Phi) is 8.24. The highest BCUT2D eigenvalue weighted by atomic mass is 35.5. The number of fused-ring (bicyclic) bond motifs is 1. The first-order chi connectivity index (χ1) is 17.3. The van der Waals surface area contributed by atoms with E-state index >= 15 is 0 Å². The van der Waals surface area contributed by atoms with E-state index in [-0.39, 0.29) is 12.0 Å². The van der Waals surface area contributed by atoms with Gasteiger partial charge in [0.2, 0.25) is 16.0 Å². The minimum atomic E-state index is -3.47. The minimum absolute atomic E-state index is 0.0600. The molecule has 4 rings (SSSR count). The van der Waals surface area contributed by atoms with E-state index in [0.29, 0.717) is 39.6 Å². The Labute approximate surface area is 221 Å². The van der Waals surface area contributed by atoms with E-state index in [1.165, 1.54) is 14.2 Å². The number of hydrogen-bond acceptors (Lipinski definition) is 7. The summed E-state index contributed by atoms with van der Waals surface area (Å²) in [5, 5.41) is 5.93. The summed E-state index contributed by atoms with van der Waals surface area (Å²) in [6.07, 6.45) is 5.69.